The molecular formula is C20H19ClN2O6. The predicted molar refractivity (Wildman–Crippen MR) is 106 cm³/mol. The van der Waals surface area contributed by atoms with E-state index in [-0.39, 0.29) is 16.5 Å². The lowest BCUT2D eigenvalue weighted by atomic mass is 10.2. The first kappa shape index (κ1) is 20.5. The van der Waals surface area contributed by atoms with E-state index < -0.39 is 18.5 Å². The number of rotatable bonds is 6. The summed E-state index contributed by atoms with van der Waals surface area (Å²) in [5.74, 6) is -0.794. The summed E-state index contributed by atoms with van der Waals surface area (Å²) in [5, 5.41) is 5.48. The number of amides is 2. The molecule has 9 heteroatoms. The minimum absolute atomic E-state index is 0.144. The topological polar surface area (TPSA) is 103 Å². The molecule has 0 atom stereocenters. The van der Waals surface area contributed by atoms with Crippen LogP contribution in [0.15, 0.2) is 36.4 Å². The normalized spacial score (nSPS) is 12.1. The van der Waals surface area contributed by atoms with Gasteiger partial charge in [-0.05, 0) is 37.3 Å². The van der Waals surface area contributed by atoms with Crippen LogP contribution in [0.3, 0.4) is 0 Å². The van der Waals surface area contributed by atoms with Crippen LogP contribution in [0.1, 0.15) is 27.6 Å². The van der Waals surface area contributed by atoms with Gasteiger partial charge in [-0.25, -0.2) is 4.79 Å². The Labute approximate surface area is 172 Å². The molecule has 152 valence electrons. The lowest BCUT2D eigenvalue weighted by Gasteiger charge is -2.19. The Morgan fingerprint density at radius 2 is 1.90 bits per heavy atom. The number of ether oxygens (including phenoxy) is 3. The Morgan fingerprint density at radius 1 is 1.10 bits per heavy atom. The van der Waals surface area contributed by atoms with Gasteiger partial charge in [-0.3, -0.25) is 9.59 Å². The van der Waals surface area contributed by atoms with Crippen LogP contribution in [-0.4, -0.2) is 44.1 Å². The second kappa shape index (κ2) is 9.29. The fourth-order valence-corrected chi connectivity index (χ4v) is 2.91. The van der Waals surface area contributed by atoms with Crippen molar-refractivity contribution in [2.24, 2.45) is 0 Å². The van der Waals surface area contributed by atoms with Gasteiger partial charge in [0.15, 0.2) is 18.1 Å². The van der Waals surface area contributed by atoms with Gasteiger partial charge in [-0.15, -0.1) is 0 Å². The molecule has 2 aromatic carbocycles. The number of carbonyl (C=O) groups is 3. The highest BCUT2D eigenvalue weighted by atomic mass is 35.5. The van der Waals surface area contributed by atoms with E-state index in [4.69, 9.17) is 25.8 Å². The average Bonchev–Trinajstić information content (AvgIpc) is 2.72. The Balaban J connectivity index is 1.58. The third-order valence-corrected chi connectivity index (χ3v) is 4.19. The highest BCUT2D eigenvalue weighted by Gasteiger charge is 2.20. The molecule has 0 saturated carbocycles. The van der Waals surface area contributed by atoms with Crippen molar-refractivity contribution in [1.29, 1.82) is 0 Å². The highest BCUT2D eigenvalue weighted by Crippen LogP contribution is 2.38. The van der Waals surface area contributed by atoms with Crippen molar-refractivity contribution in [2.75, 3.05) is 31.7 Å². The number of fused-ring (bicyclic) bond motifs is 1. The third-order valence-electron chi connectivity index (χ3n) is 3.91. The standard InChI is InChI=1S/C20H19ClN2O6/c1-2-22-19(25)12-4-3-5-14(8-12)23-17(24)11-29-20(26)13-9-15(21)18-16(10-13)27-6-7-28-18/h3-5,8-10H,2,6-7,11H2,1H3,(H,22,25)(H,23,24). The van der Waals surface area contributed by atoms with E-state index in [0.29, 0.717) is 42.5 Å². The number of hydrogen-bond acceptors (Lipinski definition) is 6. The molecule has 2 N–H and O–H groups in total. The number of carbonyl (C=O) groups excluding carboxylic acids is 3. The maximum Gasteiger partial charge on any atom is 0.338 e. The third kappa shape index (κ3) is 5.17. The average molecular weight is 419 g/mol. The first-order valence-electron chi connectivity index (χ1n) is 8.92. The van der Waals surface area contributed by atoms with Crippen LogP contribution in [0.2, 0.25) is 5.02 Å². The van der Waals surface area contributed by atoms with Gasteiger partial charge in [0.25, 0.3) is 11.8 Å². The number of benzene rings is 2. The van der Waals surface area contributed by atoms with Crippen molar-refractivity contribution in [1.82, 2.24) is 5.32 Å². The van der Waals surface area contributed by atoms with Crippen molar-refractivity contribution in [2.45, 2.75) is 6.92 Å². The Hall–Kier alpha value is -3.26. The van der Waals surface area contributed by atoms with Gasteiger partial charge in [0, 0.05) is 17.8 Å². The summed E-state index contributed by atoms with van der Waals surface area (Å²) in [6, 6.07) is 9.28. The van der Waals surface area contributed by atoms with E-state index in [2.05, 4.69) is 10.6 Å². The summed E-state index contributed by atoms with van der Waals surface area (Å²) in [5.41, 5.74) is 0.968. The van der Waals surface area contributed by atoms with Crippen molar-refractivity contribution in [3.63, 3.8) is 0 Å². The maximum absolute atomic E-state index is 12.2. The Bertz CT molecular complexity index is 947. The second-order valence-corrected chi connectivity index (χ2v) is 6.45. The molecule has 1 aliphatic rings. The number of nitrogens with one attached hydrogen (secondary N) is 2. The van der Waals surface area contributed by atoms with Crippen LogP contribution in [0.5, 0.6) is 11.5 Å². The van der Waals surface area contributed by atoms with Crippen LogP contribution < -0.4 is 20.1 Å². The van der Waals surface area contributed by atoms with Gasteiger partial charge in [0.2, 0.25) is 0 Å². The van der Waals surface area contributed by atoms with E-state index in [9.17, 15) is 14.4 Å². The summed E-state index contributed by atoms with van der Waals surface area (Å²) in [4.78, 5) is 36.2. The summed E-state index contributed by atoms with van der Waals surface area (Å²) >= 11 is 6.10. The van der Waals surface area contributed by atoms with Crippen LogP contribution in [0, 0.1) is 0 Å². The lowest BCUT2D eigenvalue weighted by Crippen LogP contribution is -2.23. The molecule has 0 radical (unpaired) electrons. The summed E-state index contributed by atoms with van der Waals surface area (Å²) in [6.07, 6.45) is 0. The maximum atomic E-state index is 12.2. The summed E-state index contributed by atoms with van der Waals surface area (Å²) in [6.45, 7) is 2.52. The largest absolute Gasteiger partial charge is 0.486 e. The molecule has 1 aliphatic heterocycles. The number of esters is 1. The molecule has 0 bridgehead atoms. The molecule has 3 rings (SSSR count). The first-order valence-corrected chi connectivity index (χ1v) is 9.30. The van der Waals surface area contributed by atoms with E-state index in [1.165, 1.54) is 18.2 Å². The number of halogens is 1. The van der Waals surface area contributed by atoms with Crippen LogP contribution in [0.4, 0.5) is 5.69 Å². The van der Waals surface area contributed by atoms with Gasteiger partial charge in [0.1, 0.15) is 13.2 Å². The van der Waals surface area contributed by atoms with Gasteiger partial charge in [0.05, 0.1) is 10.6 Å². The SMILES string of the molecule is CCNC(=O)c1cccc(NC(=O)COC(=O)c2cc(Cl)c3c(c2)OCCO3)c1. The zero-order chi connectivity index (χ0) is 20.8. The van der Waals surface area contributed by atoms with Crippen molar-refractivity contribution in [3.8, 4) is 11.5 Å². The summed E-state index contributed by atoms with van der Waals surface area (Å²) in [7, 11) is 0. The zero-order valence-electron chi connectivity index (χ0n) is 15.6. The monoisotopic (exact) mass is 418 g/mol. The fraction of sp³-hybridized carbons (Fsp3) is 0.250. The van der Waals surface area contributed by atoms with Crippen LogP contribution in [0.25, 0.3) is 0 Å². The van der Waals surface area contributed by atoms with Crippen LogP contribution in [-0.2, 0) is 9.53 Å². The van der Waals surface area contributed by atoms with Crippen molar-refractivity contribution < 1.29 is 28.6 Å². The van der Waals surface area contributed by atoms with E-state index in [1.807, 2.05) is 6.92 Å². The van der Waals surface area contributed by atoms with E-state index >= 15 is 0 Å². The highest BCUT2D eigenvalue weighted by molar-refractivity contribution is 6.32. The van der Waals surface area contributed by atoms with Crippen LogP contribution >= 0.6 is 11.6 Å². The van der Waals surface area contributed by atoms with E-state index in [1.54, 1.807) is 18.2 Å². The summed E-state index contributed by atoms with van der Waals surface area (Å²) < 4.78 is 15.9. The number of hydrogen-bond donors (Lipinski definition) is 2. The minimum Gasteiger partial charge on any atom is -0.486 e. The molecule has 0 spiro atoms. The Kier molecular flexibility index (Phi) is 6.56. The van der Waals surface area contributed by atoms with Crippen molar-refractivity contribution >= 4 is 35.1 Å². The molecule has 0 unspecified atom stereocenters. The zero-order valence-corrected chi connectivity index (χ0v) is 16.4. The van der Waals surface area contributed by atoms with Gasteiger partial charge in [-0.1, -0.05) is 17.7 Å². The minimum atomic E-state index is -0.727. The predicted octanol–water partition coefficient (Wildman–Crippen LogP) is 2.66. The van der Waals surface area contributed by atoms with Gasteiger partial charge < -0.3 is 24.8 Å². The molecule has 0 saturated heterocycles. The molecule has 29 heavy (non-hydrogen) atoms. The molecular weight excluding hydrogens is 400 g/mol. The Morgan fingerprint density at radius 3 is 2.69 bits per heavy atom. The van der Waals surface area contributed by atoms with Gasteiger partial charge >= 0.3 is 5.97 Å². The van der Waals surface area contributed by atoms with E-state index in [0.717, 1.165) is 0 Å². The second-order valence-electron chi connectivity index (χ2n) is 6.05. The van der Waals surface area contributed by atoms with Gasteiger partial charge in [-0.2, -0.15) is 0 Å². The molecule has 1 heterocycles. The lowest BCUT2D eigenvalue weighted by molar-refractivity contribution is -0.119. The molecule has 0 aliphatic carbocycles. The van der Waals surface area contributed by atoms with Crippen molar-refractivity contribution in [3.05, 3.63) is 52.5 Å². The molecule has 2 amide bonds. The molecule has 2 aromatic rings. The smallest absolute Gasteiger partial charge is 0.338 e. The molecule has 0 aromatic heterocycles. The first-order chi connectivity index (χ1) is 14.0. The number of anilines is 1. The molecule has 0 fully saturated rings. The molecule has 8 nitrogen and oxygen atoms in total. The fourth-order valence-electron chi connectivity index (χ4n) is 2.64. The quantitative estimate of drug-likeness (QED) is 0.699.